The van der Waals surface area contributed by atoms with Gasteiger partial charge in [-0.25, -0.2) is 4.98 Å². The van der Waals surface area contributed by atoms with E-state index in [2.05, 4.69) is 29.2 Å². The summed E-state index contributed by atoms with van der Waals surface area (Å²) in [5, 5.41) is 0.740. The van der Waals surface area contributed by atoms with Gasteiger partial charge in [-0.2, -0.15) is 0 Å². The number of nitrogens with two attached hydrogens (primary N) is 1. The van der Waals surface area contributed by atoms with E-state index < -0.39 is 0 Å². The highest BCUT2D eigenvalue weighted by Gasteiger charge is 2.03. The molecule has 3 aromatic rings. The van der Waals surface area contributed by atoms with Crippen molar-refractivity contribution in [2.75, 3.05) is 5.73 Å². The molecule has 3 nitrogen and oxygen atoms in total. The molecule has 5 heteroatoms. The van der Waals surface area contributed by atoms with E-state index >= 15 is 0 Å². The monoisotopic (exact) mass is 315 g/mol. The van der Waals surface area contributed by atoms with E-state index in [-0.39, 0.29) is 0 Å². The fourth-order valence-corrected chi connectivity index (χ4v) is 3.19. The minimum absolute atomic E-state index is 0.734. The molecule has 1 aromatic heterocycles. The summed E-state index contributed by atoms with van der Waals surface area (Å²) < 4.78 is 1.98. The summed E-state index contributed by atoms with van der Waals surface area (Å²) in [6.45, 7) is 0. The fraction of sp³-hybridized carbons (Fsp3) is 0.0625. The number of imidazole rings is 1. The van der Waals surface area contributed by atoms with Gasteiger partial charge < -0.3 is 10.3 Å². The molecule has 0 fully saturated rings. The molecule has 0 unspecified atom stereocenters. The van der Waals surface area contributed by atoms with E-state index in [4.69, 9.17) is 17.3 Å². The molecule has 0 aliphatic heterocycles. The second-order valence-corrected chi connectivity index (χ2v) is 6.04. The Bertz CT molecular complexity index is 724. The molecule has 0 radical (unpaired) electrons. The molecule has 0 aliphatic carbocycles. The highest BCUT2D eigenvalue weighted by Crippen LogP contribution is 2.31. The van der Waals surface area contributed by atoms with Crippen molar-refractivity contribution in [1.82, 2.24) is 9.55 Å². The van der Waals surface area contributed by atoms with Gasteiger partial charge in [0.15, 0.2) is 0 Å². The SMILES string of the molecule is Nc1ccc(Cl)c(SCc2ccc(-n3ccnc3)cc2)c1. The Hall–Kier alpha value is -1.91. The lowest BCUT2D eigenvalue weighted by Gasteiger charge is -2.07. The first-order valence-electron chi connectivity index (χ1n) is 6.47. The van der Waals surface area contributed by atoms with Crippen LogP contribution in [0.1, 0.15) is 5.56 Å². The van der Waals surface area contributed by atoms with Gasteiger partial charge >= 0.3 is 0 Å². The number of halogens is 1. The molecule has 2 aromatic carbocycles. The number of hydrogen-bond acceptors (Lipinski definition) is 3. The van der Waals surface area contributed by atoms with Crippen LogP contribution < -0.4 is 5.73 Å². The van der Waals surface area contributed by atoms with E-state index in [1.807, 2.05) is 29.0 Å². The van der Waals surface area contributed by atoms with Crippen molar-refractivity contribution in [3.8, 4) is 5.69 Å². The second-order valence-electron chi connectivity index (χ2n) is 4.61. The van der Waals surface area contributed by atoms with Crippen LogP contribution in [0.25, 0.3) is 5.69 Å². The lowest BCUT2D eigenvalue weighted by molar-refractivity contribution is 1.05. The molecule has 3 rings (SSSR count). The van der Waals surface area contributed by atoms with Crippen LogP contribution in [0.4, 0.5) is 5.69 Å². The minimum Gasteiger partial charge on any atom is -0.399 e. The zero-order valence-corrected chi connectivity index (χ0v) is 12.8. The normalized spacial score (nSPS) is 10.7. The second kappa shape index (κ2) is 6.24. The average Bonchev–Trinajstić information content (AvgIpc) is 3.03. The largest absolute Gasteiger partial charge is 0.399 e. The Kier molecular flexibility index (Phi) is 4.18. The molecule has 2 N–H and O–H groups in total. The van der Waals surface area contributed by atoms with Crippen LogP contribution in [0.5, 0.6) is 0 Å². The van der Waals surface area contributed by atoms with Crippen LogP contribution in [0, 0.1) is 0 Å². The number of nitrogens with zero attached hydrogens (tertiary/aromatic N) is 2. The number of hydrogen-bond donors (Lipinski definition) is 1. The van der Waals surface area contributed by atoms with Crippen LogP contribution in [-0.4, -0.2) is 9.55 Å². The number of aromatic nitrogens is 2. The number of thioether (sulfide) groups is 1. The highest BCUT2D eigenvalue weighted by atomic mass is 35.5. The van der Waals surface area contributed by atoms with Crippen molar-refractivity contribution in [2.45, 2.75) is 10.6 Å². The summed E-state index contributed by atoms with van der Waals surface area (Å²) in [5.41, 5.74) is 8.86. The third kappa shape index (κ3) is 3.40. The van der Waals surface area contributed by atoms with Gasteiger partial charge in [0.2, 0.25) is 0 Å². The number of rotatable bonds is 4. The van der Waals surface area contributed by atoms with Crippen LogP contribution in [0.3, 0.4) is 0 Å². The Labute approximate surface area is 132 Å². The first-order chi connectivity index (χ1) is 10.2. The van der Waals surface area contributed by atoms with Gasteiger partial charge in [0, 0.05) is 34.4 Å². The van der Waals surface area contributed by atoms with Gasteiger partial charge in [0.05, 0.1) is 11.3 Å². The highest BCUT2D eigenvalue weighted by molar-refractivity contribution is 7.98. The summed E-state index contributed by atoms with van der Waals surface area (Å²) in [6, 6.07) is 13.9. The predicted octanol–water partition coefficient (Wildman–Crippen LogP) is 4.40. The molecule has 0 spiro atoms. The molecular weight excluding hydrogens is 302 g/mol. The van der Waals surface area contributed by atoms with E-state index in [0.29, 0.717) is 0 Å². The Balaban J connectivity index is 1.70. The van der Waals surface area contributed by atoms with Crippen molar-refractivity contribution < 1.29 is 0 Å². The van der Waals surface area contributed by atoms with Crippen molar-refractivity contribution in [3.63, 3.8) is 0 Å². The van der Waals surface area contributed by atoms with Gasteiger partial charge in [-0.3, -0.25) is 0 Å². The maximum Gasteiger partial charge on any atom is 0.0991 e. The van der Waals surface area contributed by atoms with E-state index in [9.17, 15) is 0 Å². The lowest BCUT2D eigenvalue weighted by Crippen LogP contribution is -1.90. The first kappa shape index (κ1) is 14.0. The van der Waals surface area contributed by atoms with E-state index in [0.717, 1.165) is 27.0 Å². The molecule has 0 saturated heterocycles. The smallest absolute Gasteiger partial charge is 0.0991 e. The zero-order valence-electron chi connectivity index (χ0n) is 11.2. The summed E-state index contributed by atoms with van der Waals surface area (Å²) in [7, 11) is 0. The van der Waals surface area contributed by atoms with Crippen LogP contribution in [-0.2, 0) is 5.75 Å². The number of anilines is 1. The quantitative estimate of drug-likeness (QED) is 0.573. The lowest BCUT2D eigenvalue weighted by atomic mass is 10.2. The van der Waals surface area contributed by atoms with E-state index in [1.54, 1.807) is 24.3 Å². The maximum absolute atomic E-state index is 6.17. The topological polar surface area (TPSA) is 43.8 Å². The number of nitrogen functional groups attached to an aromatic ring is 1. The van der Waals surface area contributed by atoms with Crippen molar-refractivity contribution in [2.24, 2.45) is 0 Å². The summed E-state index contributed by atoms with van der Waals surface area (Å²) >= 11 is 7.86. The first-order valence-corrected chi connectivity index (χ1v) is 7.84. The molecule has 0 amide bonds. The summed E-state index contributed by atoms with van der Waals surface area (Å²) in [4.78, 5) is 5.06. The average molecular weight is 316 g/mol. The van der Waals surface area contributed by atoms with Gasteiger partial charge in [-0.1, -0.05) is 23.7 Å². The van der Waals surface area contributed by atoms with Gasteiger partial charge in [0.25, 0.3) is 0 Å². The molecule has 0 bridgehead atoms. The van der Waals surface area contributed by atoms with Gasteiger partial charge in [-0.05, 0) is 35.9 Å². The van der Waals surface area contributed by atoms with E-state index in [1.165, 1.54) is 5.56 Å². The van der Waals surface area contributed by atoms with Crippen molar-refractivity contribution in [3.05, 3.63) is 71.8 Å². The summed E-state index contributed by atoms with van der Waals surface area (Å²) in [6.07, 6.45) is 5.48. The molecule has 0 saturated carbocycles. The predicted molar refractivity (Wildman–Crippen MR) is 89.0 cm³/mol. The van der Waals surface area contributed by atoms with Gasteiger partial charge in [-0.15, -0.1) is 11.8 Å². The van der Waals surface area contributed by atoms with Crippen molar-refractivity contribution >= 4 is 29.1 Å². The molecule has 21 heavy (non-hydrogen) atoms. The van der Waals surface area contributed by atoms with Crippen LogP contribution in [0.15, 0.2) is 66.1 Å². The Morgan fingerprint density at radius 3 is 2.67 bits per heavy atom. The Morgan fingerprint density at radius 1 is 1.14 bits per heavy atom. The molecular formula is C16H14ClN3S. The maximum atomic E-state index is 6.17. The van der Waals surface area contributed by atoms with Gasteiger partial charge in [0.1, 0.15) is 0 Å². The van der Waals surface area contributed by atoms with Crippen molar-refractivity contribution in [1.29, 1.82) is 0 Å². The zero-order chi connectivity index (χ0) is 14.7. The summed E-state index contributed by atoms with van der Waals surface area (Å²) in [5.74, 6) is 0.855. The molecule has 106 valence electrons. The van der Waals surface area contributed by atoms with Crippen LogP contribution >= 0.6 is 23.4 Å². The molecule has 0 atom stereocenters. The number of benzene rings is 2. The standard InChI is InChI=1S/C16H14ClN3S/c17-15-6-3-13(18)9-16(15)21-10-12-1-4-14(5-2-12)20-8-7-19-11-20/h1-9,11H,10,18H2. The molecule has 0 aliphatic rings. The van der Waals surface area contributed by atoms with Crippen LogP contribution in [0.2, 0.25) is 5.02 Å². The Morgan fingerprint density at radius 2 is 1.95 bits per heavy atom. The third-order valence-corrected chi connectivity index (χ3v) is 4.66. The molecule has 1 heterocycles. The minimum atomic E-state index is 0.734. The third-order valence-electron chi connectivity index (χ3n) is 3.09. The fourth-order valence-electron chi connectivity index (χ4n) is 1.97.